The van der Waals surface area contributed by atoms with Crippen molar-refractivity contribution in [2.45, 2.75) is 60.3 Å². The molecular formula is C20H41N3O. The van der Waals surface area contributed by atoms with Gasteiger partial charge in [0.1, 0.15) is 0 Å². The van der Waals surface area contributed by atoms with E-state index in [-0.39, 0.29) is 5.91 Å². The molecule has 24 heavy (non-hydrogen) atoms. The molecule has 2 atom stereocenters. The standard InChI is InChI=1S/C20H41N3O/c1-6-21-12-8-9-13-22(7-2)15-11-19(4)17-23(20(5)24)16-18(3)10-14-21/h18-19H,6-17H2,1-5H3. The van der Waals surface area contributed by atoms with Gasteiger partial charge in [-0.2, -0.15) is 0 Å². The Bertz CT molecular complexity index is 322. The summed E-state index contributed by atoms with van der Waals surface area (Å²) in [5.41, 5.74) is 0. The molecule has 0 aromatic rings. The normalized spacial score (nSPS) is 27.5. The van der Waals surface area contributed by atoms with Crippen molar-refractivity contribution >= 4 is 5.91 Å². The van der Waals surface area contributed by atoms with E-state index in [1.807, 2.05) is 0 Å². The highest BCUT2D eigenvalue weighted by molar-refractivity contribution is 5.73. The van der Waals surface area contributed by atoms with Crippen molar-refractivity contribution in [1.29, 1.82) is 0 Å². The van der Waals surface area contributed by atoms with E-state index < -0.39 is 0 Å². The van der Waals surface area contributed by atoms with Gasteiger partial charge in [-0.05, 0) is 76.8 Å². The first-order valence-electron chi connectivity index (χ1n) is 10.2. The number of hydrogen-bond acceptors (Lipinski definition) is 3. The molecule has 0 aromatic heterocycles. The summed E-state index contributed by atoms with van der Waals surface area (Å²) in [6.45, 7) is 19.7. The van der Waals surface area contributed by atoms with E-state index in [0.717, 1.165) is 39.3 Å². The zero-order valence-electron chi connectivity index (χ0n) is 16.9. The molecule has 142 valence electrons. The van der Waals surface area contributed by atoms with Crippen LogP contribution in [0.3, 0.4) is 0 Å². The van der Waals surface area contributed by atoms with Crippen molar-refractivity contribution in [3.8, 4) is 0 Å². The molecule has 0 aliphatic carbocycles. The van der Waals surface area contributed by atoms with Gasteiger partial charge in [-0.15, -0.1) is 0 Å². The number of hydrogen-bond donors (Lipinski definition) is 0. The Labute approximate surface area is 150 Å². The molecule has 1 aliphatic heterocycles. The lowest BCUT2D eigenvalue weighted by Crippen LogP contribution is -2.38. The summed E-state index contributed by atoms with van der Waals surface area (Å²) >= 11 is 0. The first-order valence-corrected chi connectivity index (χ1v) is 10.2. The van der Waals surface area contributed by atoms with Crippen LogP contribution in [-0.4, -0.2) is 73.0 Å². The van der Waals surface area contributed by atoms with E-state index in [0.29, 0.717) is 11.8 Å². The van der Waals surface area contributed by atoms with Crippen LogP contribution in [0.4, 0.5) is 0 Å². The van der Waals surface area contributed by atoms with E-state index in [1.54, 1.807) is 6.92 Å². The van der Waals surface area contributed by atoms with Gasteiger partial charge in [-0.25, -0.2) is 0 Å². The van der Waals surface area contributed by atoms with Gasteiger partial charge in [0.15, 0.2) is 0 Å². The van der Waals surface area contributed by atoms with E-state index in [2.05, 4.69) is 42.4 Å². The Kier molecular flexibility index (Phi) is 10.6. The molecule has 1 rings (SSSR count). The highest BCUT2D eigenvalue weighted by Gasteiger charge is 2.18. The third kappa shape index (κ3) is 8.48. The molecule has 4 heteroatoms. The van der Waals surface area contributed by atoms with Crippen molar-refractivity contribution in [3.63, 3.8) is 0 Å². The van der Waals surface area contributed by atoms with E-state index in [4.69, 9.17) is 0 Å². The number of carbonyl (C=O) groups excluding carboxylic acids is 1. The molecule has 1 saturated heterocycles. The molecule has 1 amide bonds. The maximum atomic E-state index is 12.0. The van der Waals surface area contributed by atoms with Gasteiger partial charge in [-0.1, -0.05) is 27.7 Å². The number of carbonyl (C=O) groups is 1. The molecule has 2 unspecified atom stereocenters. The molecule has 1 fully saturated rings. The molecule has 1 heterocycles. The van der Waals surface area contributed by atoms with E-state index in [1.165, 1.54) is 38.8 Å². The summed E-state index contributed by atoms with van der Waals surface area (Å²) < 4.78 is 0. The second-order valence-electron chi connectivity index (χ2n) is 7.79. The van der Waals surface area contributed by atoms with Crippen molar-refractivity contribution in [1.82, 2.24) is 14.7 Å². The van der Waals surface area contributed by atoms with Crippen molar-refractivity contribution < 1.29 is 4.79 Å². The molecule has 0 spiro atoms. The molecule has 0 aromatic carbocycles. The second-order valence-corrected chi connectivity index (χ2v) is 7.79. The lowest BCUT2D eigenvalue weighted by atomic mass is 10.0. The summed E-state index contributed by atoms with van der Waals surface area (Å²) in [4.78, 5) is 19.3. The van der Waals surface area contributed by atoms with Crippen LogP contribution in [-0.2, 0) is 4.79 Å². The Morgan fingerprint density at radius 3 is 1.58 bits per heavy atom. The van der Waals surface area contributed by atoms with Crippen molar-refractivity contribution in [2.75, 3.05) is 52.4 Å². The summed E-state index contributed by atoms with van der Waals surface area (Å²) in [5.74, 6) is 1.39. The van der Waals surface area contributed by atoms with Crippen LogP contribution in [0.5, 0.6) is 0 Å². The summed E-state index contributed by atoms with van der Waals surface area (Å²) in [7, 11) is 0. The van der Waals surface area contributed by atoms with Crippen molar-refractivity contribution in [3.05, 3.63) is 0 Å². The maximum Gasteiger partial charge on any atom is 0.219 e. The molecule has 1 aliphatic rings. The van der Waals surface area contributed by atoms with Crippen LogP contribution in [0.15, 0.2) is 0 Å². The zero-order chi connectivity index (χ0) is 17.9. The number of rotatable bonds is 2. The Morgan fingerprint density at radius 1 is 0.833 bits per heavy atom. The smallest absolute Gasteiger partial charge is 0.219 e. The van der Waals surface area contributed by atoms with Gasteiger partial charge >= 0.3 is 0 Å². The SMILES string of the molecule is CCN1CCCCN(CC)CCC(C)CN(C(C)=O)CC(C)CC1. The quantitative estimate of drug-likeness (QED) is 0.772. The largest absolute Gasteiger partial charge is 0.342 e. The van der Waals surface area contributed by atoms with Gasteiger partial charge in [-0.3, -0.25) is 4.79 Å². The summed E-state index contributed by atoms with van der Waals surface area (Å²) in [5, 5.41) is 0. The molecular weight excluding hydrogens is 298 g/mol. The van der Waals surface area contributed by atoms with E-state index >= 15 is 0 Å². The van der Waals surface area contributed by atoms with Gasteiger partial charge < -0.3 is 14.7 Å². The third-order valence-electron chi connectivity index (χ3n) is 5.48. The van der Waals surface area contributed by atoms with Crippen LogP contribution in [0.25, 0.3) is 0 Å². The average molecular weight is 340 g/mol. The Hall–Kier alpha value is -0.610. The van der Waals surface area contributed by atoms with Gasteiger partial charge in [0.2, 0.25) is 5.91 Å². The van der Waals surface area contributed by atoms with Gasteiger partial charge in [0.25, 0.3) is 0 Å². The maximum absolute atomic E-state index is 12.0. The highest BCUT2D eigenvalue weighted by atomic mass is 16.2. The van der Waals surface area contributed by atoms with E-state index in [9.17, 15) is 4.79 Å². The average Bonchev–Trinajstić information content (AvgIpc) is 2.55. The highest BCUT2D eigenvalue weighted by Crippen LogP contribution is 2.13. The molecule has 0 radical (unpaired) electrons. The van der Waals surface area contributed by atoms with Crippen LogP contribution in [0.1, 0.15) is 60.3 Å². The fraction of sp³-hybridized carbons (Fsp3) is 0.950. The topological polar surface area (TPSA) is 26.8 Å². The fourth-order valence-corrected chi connectivity index (χ4v) is 3.60. The predicted octanol–water partition coefficient (Wildman–Crippen LogP) is 3.32. The minimum Gasteiger partial charge on any atom is -0.342 e. The third-order valence-corrected chi connectivity index (χ3v) is 5.48. The first kappa shape index (κ1) is 21.4. The molecule has 0 N–H and O–H groups in total. The van der Waals surface area contributed by atoms with Gasteiger partial charge in [0.05, 0.1) is 0 Å². The second kappa shape index (κ2) is 11.9. The van der Waals surface area contributed by atoms with Crippen LogP contribution in [0, 0.1) is 11.8 Å². The van der Waals surface area contributed by atoms with Crippen LogP contribution in [0.2, 0.25) is 0 Å². The minimum atomic E-state index is 0.234. The Balaban J connectivity index is 2.70. The molecule has 4 nitrogen and oxygen atoms in total. The number of amides is 1. The van der Waals surface area contributed by atoms with Crippen LogP contribution < -0.4 is 0 Å². The molecule has 0 bridgehead atoms. The predicted molar refractivity (Wildman–Crippen MR) is 103 cm³/mol. The molecule has 0 saturated carbocycles. The van der Waals surface area contributed by atoms with Crippen molar-refractivity contribution in [2.24, 2.45) is 11.8 Å². The Morgan fingerprint density at radius 2 is 1.25 bits per heavy atom. The zero-order valence-corrected chi connectivity index (χ0v) is 16.9. The van der Waals surface area contributed by atoms with Crippen LogP contribution >= 0.6 is 0 Å². The fourth-order valence-electron chi connectivity index (χ4n) is 3.60. The summed E-state index contributed by atoms with van der Waals surface area (Å²) in [6, 6.07) is 0. The lowest BCUT2D eigenvalue weighted by molar-refractivity contribution is -0.130. The number of nitrogens with zero attached hydrogens (tertiary/aromatic N) is 3. The minimum absolute atomic E-state index is 0.234. The lowest BCUT2D eigenvalue weighted by Gasteiger charge is -2.29. The van der Waals surface area contributed by atoms with Gasteiger partial charge in [0, 0.05) is 20.0 Å². The summed E-state index contributed by atoms with van der Waals surface area (Å²) in [6.07, 6.45) is 4.97. The monoisotopic (exact) mass is 339 g/mol. The first-order chi connectivity index (χ1) is 11.5.